The van der Waals surface area contributed by atoms with Crippen LogP contribution in [0.15, 0.2) is 21.1 Å². The topological polar surface area (TPSA) is 49.4 Å². The van der Waals surface area contributed by atoms with Crippen LogP contribution in [-0.4, -0.2) is 8.76 Å². The Morgan fingerprint density at radius 3 is 2.54 bits per heavy atom. The third-order valence-electron chi connectivity index (χ3n) is 1.37. The summed E-state index contributed by atoms with van der Waals surface area (Å²) in [5.41, 5.74) is 0.996. The highest BCUT2D eigenvalue weighted by Crippen LogP contribution is 2.31. The van der Waals surface area contributed by atoms with E-state index in [4.69, 9.17) is 0 Å². The van der Waals surface area contributed by atoms with E-state index >= 15 is 0 Å². The summed E-state index contributed by atoms with van der Waals surface area (Å²) in [6.45, 7) is 1.90. The zero-order valence-electron chi connectivity index (χ0n) is 6.54. The molecular weight excluding hydrogens is 324 g/mol. The first-order valence-corrected chi connectivity index (χ1v) is 5.82. The van der Waals surface area contributed by atoms with Crippen molar-refractivity contribution >= 4 is 43.2 Å². The van der Waals surface area contributed by atoms with Crippen LogP contribution in [0, 0.1) is 6.92 Å². The van der Waals surface area contributed by atoms with Crippen molar-refractivity contribution in [3.8, 4) is 5.75 Å². The Morgan fingerprint density at radius 1 is 1.38 bits per heavy atom. The molecule has 0 aliphatic heterocycles. The van der Waals surface area contributed by atoms with Crippen LogP contribution in [-0.2, 0) is 11.4 Å². The lowest BCUT2D eigenvalue weighted by atomic mass is 10.2. The fourth-order valence-electron chi connectivity index (χ4n) is 0.765. The smallest absolute Gasteiger partial charge is 0.154 e. The highest BCUT2D eigenvalue weighted by atomic mass is 79.9. The fraction of sp³-hybridized carbons (Fsp3) is 0.143. The van der Waals surface area contributed by atoms with E-state index in [1.54, 1.807) is 12.1 Å². The molecule has 0 aliphatic carbocycles. The maximum Gasteiger partial charge on any atom is 0.154 e. The Bertz CT molecular complexity index is 354. The second-order valence-corrected chi connectivity index (χ2v) is 4.60. The minimum Gasteiger partial charge on any atom is -0.740 e. The van der Waals surface area contributed by atoms with Gasteiger partial charge in [0.2, 0.25) is 0 Å². The van der Waals surface area contributed by atoms with Gasteiger partial charge in [0.05, 0.1) is 4.47 Å². The molecule has 1 aromatic carbocycles. The molecule has 0 heterocycles. The van der Waals surface area contributed by atoms with Gasteiger partial charge in [-0.1, -0.05) is 15.9 Å². The number of halogens is 2. The largest absolute Gasteiger partial charge is 0.740 e. The summed E-state index contributed by atoms with van der Waals surface area (Å²) in [5, 5.41) is 0. The molecule has 0 saturated heterocycles. The average Bonchev–Trinajstić information content (AvgIpc) is 1.99. The molecule has 1 unspecified atom stereocenters. The minimum atomic E-state index is -2.54. The van der Waals surface area contributed by atoms with Gasteiger partial charge in [0.15, 0.2) is 5.75 Å². The van der Waals surface area contributed by atoms with Crippen molar-refractivity contribution in [2.24, 2.45) is 0 Å². The second-order valence-electron chi connectivity index (χ2n) is 2.32. The van der Waals surface area contributed by atoms with E-state index in [1.807, 2.05) is 6.92 Å². The van der Waals surface area contributed by atoms with E-state index in [0.717, 1.165) is 10.0 Å². The zero-order chi connectivity index (χ0) is 10.0. The number of aryl methyl sites for hydroxylation is 1. The maximum absolute atomic E-state index is 10.3. The Kier molecular flexibility index (Phi) is 3.90. The SMILES string of the molecule is Cc1cc(Br)c(OS(=O)[O-])cc1Br. The lowest BCUT2D eigenvalue weighted by Gasteiger charge is -2.10. The van der Waals surface area contributed by atoms with Crippen LogP contribution in [0.25, 0.3) is 0 Å². The quantitative estimate of drug-likeness (QED) is 0.784. The molecule has 0 spiro atoms. The maximum atomic E-state index is 10.3. The predicted octanol–water partition coefficient (Wildman–Crippen LogP) is 2.69. The summed E-state index contributed by atoms with van der Waals surface area (Å²) in [5.74, 6) is 0.269. The molecule has 1 rings (SSSR count). The molecule has 72 valence electrons. The Morgan fingerprint density at radius 2 is 2.00 bits per heavy atom. The van der Waals surface area contributed by atoms with Gasteiger partial charge in [0, 0.05) is 4.47 Å². The van der Waals surface area contributed by atoms with E-state index < -0.39 is 11.4 Å². The van der Waals surface area contributed by atoms with Crippen molar-refractivity contribution in [1.82, 2.24) is 0 Å². The van der Waals surface area contributed by atoms with Crippen LogP contribution in [0.4, 0.5) is 0 Å². The average molecular weight is 329 g/mol. The van der Waals surface area contributed by atoms with Crippen molar-refractivity contribution in [3.05, 3.63) is 26.6 Å². The molecule has 1 aromatic rings. The minimum absolute atomic E-state index is 0.269. The summed E-state index contributed by atoms with van der Waals surface area (Å²) in [6.07, 6.45) is 0. The Balaban J connectivity index is 3.08. The van der Waals surface area contributed by atoms with Gasteiger partial charge >= 0.3 is 0 Å². The van der Waals surface area contributed by atoms with Gasteiger partial charge in [-0.2, -0.15) is 0 Å². The van der Waals surface area contributed by atoms with Crippen LogP contribution < -0.4 is 4.18 Å². The van der Waals surface area contributed by atoms with E-state index in [2.05, 4.69) is 36.0 Å². The van der Waals surface area contributed by atoms with Gasteiger partial charge in [-0.3, -0.25) is 0 Å². The van der Waals surface area contributed by atoms with Crippen LogP contribution in [0.5, 0.6) is 5.75 Å². The van der Waals surface area contributed by atoms with Gasteiger partial charge in [0.1, 0.15) is 11.4 Å². The third-order valence-corrected chi connectivity index (χ3v) is 3.16. The van der Waals surface area contributed by atoms with Gasteiger partial charge in [0.25, 0.3) is 0 Å². The monoisotopic (exact) mass is 327 g/mol. The van der Waals surface area contributed by atoms with Crippen molar-refractivity contribution < 1.29 is 12.9 Å². The number of rotatable bonds is 2. The highest BCUT2D eigenvalue weighted by Gasteiger charge is 2.05. The molecule has 6 heteroatoms. The van der Waals surface area contributed by atoms with Crippen LogP contribution in [0.1, 0.15) is 5.56 Å². The molecule has 1 atom stereocenters. The standard InChI is InChI=1S/C7H6Br2O3S/c1-4-2-6(9)7(3-5(4)8)12-13(10)11/h2-3H,1H3,(H,10,11)/p-1. The lowest BCUT2D eigenvalue weighted by Crippen LogP contribution is -1.98. The van der Waals surface area contributed by atoms with E-state index in [9.17, 15) is 8.76 Å². The molecule has 0 aliphatic rings. The fourth-order valence-corrected chi connectivity index (χ4v) is 2.02. The molecule has 0 N–H and O–H groups in total. The van der Waals surface area contributed by atoms with E-state index in [1.165, 1.54) is 0 Å². The van der Waals surface area contributed by atoms with Crippen LogP contribution >= 0.6 is 31.9 Å². The van der Waals surface area contributed by atoms with Crippen molar-refractivity contribution in [3.63, 3.8) is 0 Å². The summed E-state index contributed by atoms with van der Waals surface area (Å²) in [6, 6.07) is 3.36. The van der Waals surface area contributed by atoms with Gasteiger partial charge in [-0.05, 0) is 40.5 Å². The molecule has 0 bridgehead atoms. The lowest BCUT2D eigenvalue weighted by molar-refractivity contribution is 0.439. The molecule has 0 saturated carbocycles. The van der Waals surface area contributed by atoms with Crippen molar-refractivity contribution in [2.45, 2.75) is 6.92 Å². The van der Waals surface area contributed by atoms with Gasteiger partial charge < -0.3 is 8.74 Å². The molecule has 0 aromatic heterocycles. The summed E-state index contributed by atoms with van der Waals surface area (Å²) < 4.78 is 26.4. The van der Waals surface area contributed by atoms with E-state index in [0.29, 0.717) is 4.47 Å². The second kappa shape index (κ2) is 4.54. The normalized spacial score (nSPS) is 12.6. The predicted molar refractivity (Wildman–Crippen MR) is 56.1 cm³/mol. The molecule has 0 radical (unpaired) electrons. The first-order valence-electron chi connectivity index (χ1n) is 3.24. The molecule has 3 nitrogen and oxygen atoms in total. The molecule has 13 heavy (non-hydrogen) atoms. The van der Waals surface area contributed by atoms with Gasteiger partial charge in [-0.25, -0.2) is 4.21 Å². The summed E-state index contributed by atoms with van der Waals surface area (Å²) in [7, 11) is 0. The molecule has 0 fully saturated rings. The molecule has 0 amide bonds. The third kappa shape index (κ3) is 3.05. The Hall–Kier alpha value is 0.0900. The molecular formula is C7H5Br2O3S-. The Labute approximate surface area is 95.2 Å². The van der Waals surface area contributed by atoms with Gasteiger partial charge in [-0.15, -0.1) is 0 Å². The first-order chi connectivity index (χ1) is 6.00. The number of hydrogen-bond acceptors (Lipinski definition) is 3. The van der Waals surface area contributed by atoms with Crippen molar-refractivity contribution in [2.75, 3.05) is 0 Å². The van der Waals surface area contributed by atoms with Crippen molar-refractivity contribution in [1.29, 1.82) is 0 Å². The first kappa shape index (κ1) is 11.2. The number of hydrogen-bond donors (Lipinski definition) is 0. The highest BCUT2D eigenvalue weighted by molar-refractivity contribution is 9.11. The van der Waals surface area contributed by atoms with E-state index in [-0.39, 0.29) is 5.75 Å². The number of benzene rings is 1. The zero-order valence-corrected chi connectivity index (χ0v) is 10.5. The summed E-state index contributed by atoms with van der Waals surface area (Å²) in [4.78, 5) is 0. The van der Waals surface area contributed by atoms with Crippen LogP contribution in [0.2, 0.25) is 0 Å². The van der Waals surface area contributed by atoms with Crippen LogP contribution in [0.3, 0.4) is 0 Å². The summed E-state index contributed by atoms with van der Waals surface area (Å²) >= 11 is 3.92.